The summed E-state index contributed by atoms with van der Waals surface area (Å²) in [4.78, 5) is 36.8. The molecule has 2 aromatic carbocycles. The number of esters is 2. The number of hydrogen-bond acceptors (Lipinski definition) is 8. The third kappa shape index (κ3) is 3.79. The van der Waals surface area contributed by atoms with E-state index in [2.05, 4.69) is 0 Å². The van der Waals surface area contributed by atoms with Crippen LogP contribution in [0.3, 0.4) is 0 Å². The molecular weight excluding hydrogens is 416 g/mol. The number of carbonyl (C=O) groups is 2. The van der Waals surface area contributed by atoms with Crippen molar-refractivity contribution in [3.8, 4) is 22.8 Å². The molecule has 8 heteroatoms. The molecule has 1 aromatic heterocycles. The van der Waals surface area contributed by atoms with Crippen LogP contribution >= 0.6 is 0 Å². The zero-order valence-electron chi connectivity index (χ0n) is 18.0. The fourth-order valence-electron chi connectivity index (χ4n) is 3.90. The van der Waals surface area contributed by atoms with Gasteiger partial charge in [-0.2, -0.15) is 0 Å². The van der Waals surface area contributed by atoms with E-state index >= 15 is 0 Å². The van der Waals surface area contributed by atoms with Crippen LogP contribution < -0.4 is 14.9 Å². The van der Waals surface area contributed by atoms with Gasteiger partial charge < -0.3 is 23.4 Å². The van der Waals surface area contributed by atoms with Crippen LogP contribution in [0.2, 0.25) is 0 Å². The molecule has 32 heavy (non-hydrogen) atoms. The van der Waals surface area contributed by atoms with Crippen LogP contribution in [0.25, 0.3) is 22.3 Å². The number of fused-ring (bicyclic) bond motifs is 3. The monoisotopic (exact) mass is 438 g/mol. The Labute approximate surface area is 183 Å². The van der Waals surface area contributed by atoms with E-state index in [1.165, 1.54) is 27.0 Å². The second-order valence-corrected chi connectivity index (χ2v) is 7.46. The number of ether oxygens (including phenoxy) is 4. The van der Waals surface area contributed by atoms with Crippen LogP contribution in [-0.4, -0.2) is 31.3 Å². The highest BCUT2D eigenvalue weighted by Crippen LogP contribution is 2.46. The highest BCUT2D eigenvalue weighted by atomic mass is 16.6. The lowest BCUT2D eigenvalue weighted by Crippen LogP contribution is -2.43. The molecule has 0 spiro atoms. The van der Waals surface area contributed by atoms with Crippen molar-refractivity contribution in [3.05, 3.63) is 58.3 Å². The first-order valence-electron chi connectivity index (χ1n) is 10.1. The van der Waals surface area contributed by atoms with Crippen LogP contribution in [0.15, 0.2) is 51.7 Å². The Bertz CT molecular complexity index is 1240. The molecule has 2 heterocycles. The molecule has 1 aliphatic heterocycles. The molecule has 0 fully saturated rings. The molecule has 166 valence electrons. The SMILES string of the molecule is COc1cc2c(c3oc(-c4ccccc4)cc(=O)c13)[C@@H](OC(C)=O)[C@@H](OC(C)=O)[C@H](C)O2. The molecule has 0 N–H and O–H groups in total. The van der Waals surface area contributed by atoms with Crippen molar-refractivity contribution in [2.24, 2.45) is 0 Å². The van der Waals surface area contributed by atoms with Crippen molar-refractivity contribution in [1.29, 1.82) is 0 Å². The third-order valence-corrected chi connectivity index (χ3v) is 5.20. The summed E-state index contributed by atoms with van der Waals surface area (Å²) in [5, 5.41) is 0.169. The third-order valence-electron chi connectivity index (χ3n) is 5.20. The van der Waals surface area contributed by atoms with Gasteiger partial charge in [0.1, 0.15) is 28.7 Å². The van der Waals surface area contributed by atoms with E-state index < -0.39 is 30.3 Å². The quantitative estimate of drug-likeness (QED) is 0.567. The second kappa shape index (κ2) is 8.37. The first-order chi connectivity index (χ1) is 15.3. The standard InChI is InChI=1S/C24H22O8/c1-12-22(30-13(2)25)24(31-14(3)26)21-19(29-12)11-18(28-4)20-16(27)10-17(32-23(20)21)15-8-6-5-7-9-15/h5-12,22,24H,1-4H3/t12-,22-,24+/m0/s1. The summed E-state index contributed by atoms with van der Waals surface area (Å²) >= 11 is 0. The molecule has 0 bridgehead atoms. The predicted molar refractivity (Wildman–Crippen MR) is 115 cm³/mol. The van der Waals surface area contributed by atoms with Crippen LogP contribution in [-0.2, 0) is 19.1 Å². The summed E-state index contributed by atoms with van der Waals surface area (Å²) in [6.45, 7) is 4.20. The number of hydrogen-bond donors (Lipinski definition) is 0. The van der Waals surface area contributed by atoms with E-state index in [4.69, 9.17) is 23.4 Å². The summed E-state index contributed by atoms with van der Waals surface area (Å²) in [5.74, 6) is -0.257. The molecule has 8 nitrogen and oxygen atoms in total. The molecule has 0 amide bonds. The summed E-state index contributed by atoms with van der Waals surface area (Å²) in [5.41, 5.74) is 0.791. The van der Waals surface area contributed by atoms with Gasteiger partial charge in [0.15, 0.2) is 23.2 Å². The number of benzene rings is 2. The maximum absolute atomic E-state index is 13.1. The maximum atomic E-state index is 13.1. The number of carbonyl (C=O) groups excluding carboxylic acids is 2. The van der Waals surface area contributed by atoms with Crippen molar-refractivity contribution >= 4 is 22.9 Å². The summed E-state index contributed by atoms with van der Waals surface area (Å²) in [6, 6.07) is 12.0. The molecule has 0 saturated heterocycles. The Morgan fingerprint density at radius 2 is 1.69 bits per heavy atom. The van der Waals surface area contributed by atoms with E-state index in [1.54, 1.807) is 25.1 Å². The Morgan fingerprint density at radius 1 is 1.00 bits per heavy atom. The minimum atomic E-state index is -1.04. The van der Waals surface area contributed by atoms with Gasteiger partial charge in [0.2, 0.25) is 0 Å². The van der Waals surface area contributed by atoms with E-state index in [0.29, 0.717) is 22.6 Å². The van der Waals surface area contributed by atoms with Crippen LogP contribution in [0.5, 0.6) is 11.5 Å². The predicted octanol–water partition coefficient (Wildman–Crippen LogP) is 3.79. The highest BCUT2D eigenvalue weighted by Gasteiger charge is 2.43. The highest BCUT2D eigenvalue weighted by molar-refractivity contribution is 5.90. The van der Waals surface area contributed by atoms with Gasteiger partial charge >= 0.3 is 11.9 Å². The molecular formula is C24H22O8. The molecule has 0 radical (unpaired) electrons. The van der Waals surface area contributed by atoms with Crippen molar-refractivity contribution < 1.29 is 33.0 Å². The lowest BCUT2D eigenvalue weighted by molar-refractivity contribution is -0.176. The fraction of sp³-hybridized carbons (Fsp3) is 0.292. The minimum absolute atomic E-state index is 0.140. The van der Waals surface area contributed by atoms with Crippen molar-refractivity contribution in [2.45, 2.75) is 39.1 Å². The van der Waals surface area contributed by atoms with E-state index in [9.17, 15) is 14.4 Å². The summed E-state index contributed by atoms with van der Waals surface area (Å²) in [6.07, 6.45) is -2.62. The van der Waals surface area contributed by atoms with Crippen molar-refractivity contribution in [1.82, 2.24) is 0 Å². The van der Waals surface area contributed by atoms with Gasteiger partial charge in [-0.15, -0.1) is 0 Å². The van der Waals surface area contributed by atoms with E-state index in [0.717, 1.165) is 0 Å². The normalized spacial score (nSPS) is 19.6. The molecule has 3 aromatic rings. The van der Waals surface area contributed by atoms with Gasteiger partial charge in [0.25, 0.3) is 0 Å². The maximum Gasteiger partial charge on any atom is 0.303 e. The molecule has 0 saturated carbocycles. The van der Waals surface area contributed by atoms with Crippen molar-refractivity contribution in [2.75, 3.05) is 7.11 Å². The van der Waals surface area contributed by atoms with Gasteiger partial charge in [-0.3, -0.25) is 14.4 Å². The Kier molecular flexibility index (Phi) is 5.61. The molecule has 3 atom stereocenters. The van der Waals surface area contributed by atoms with Gasteiger partial charge in [-0.1, -0.05) is 30.3 Å². The zero-order chi connectivity index (χ0) is 23.0. The zero-order valence-corrected chi connectivity index (χ0v) is 18.0. The van der Waals surface area contributed by atoms with E-state index in [1.807, 2.05) is 18.2 Å². The summed E-state index contributed by atoms with van der Waals surface area (Å²) < 4.78 is 28.6. The van der Waals surface area contributed by atoms with Gasteiger partial charge in [0.05, 0.1) is 12.7 Å². The Hall–Kier alpha value is -3.81. The summed E-state index contributed by atoms with van der Waals surface area (Å²) in [7, 11) is 1.43. The number of rotatable bonds is 4. The molecule has 0 unspecified atom stereocenters. The van der Waals surface area contributed by atoms with E-state index in [-0.39, 0.29) is 22.1 Å². The average Bonchev–Trinajstić information content (AvgIpc) is 2.75. The molecule has 0 aliphatic carbocycles. The lowest BCUT2D eigenvalue weighted by atomic mass is 9.93. The van der Waals surface area contributed by atoms with Crippen LogP contribution in [0.1, 0.15) is 32.4 Å². The number of methoxy groups -OCH3 is 1. The molecule has 4 rings (SSSR count). The van der Waals surface area contributed by atoms with Gasteiger partial charge in [0, 0.05) is 31.5 Å². The first-order valence-corrected chi connectivity index (χ1v) is 10.1. The van der Waals surface area contributed by atoms with Crippen LogP contribution in [0, 0.1) is 0 Å². The van der Waals surface area contributed by atoms with Gasteiger partial charge in [-0.05, 0) is 6.92 Å². The molecule has 1 aliphatic rings. The fourth-order valence-corrected chi connectivity index (χ4v) is 3.90. The second-order valence-electron chi connectivity index (χ2n) is 7.46. The Morgan fingerprint density at radius 3 is 2.31 bits per heavy atom. The topological polar surface area (TPSA) is 101 Å². The largest absolute Gasteiger partial charge is 0.496 e. The van der Waals surface area contributed by atoms with Gasteiger partial charge in [-0.25, -0.2) is 0 Å². The van der Waals surface area contributed by atoms with Crippen LogP contribution in [0.4, 0.5) is 0 Å². The average molecular weight is 438 g/mol. The minimum Gasteiger partial charge on any atom is -0.496 e. The first kappa shape index (κ1) is 21.4. The van der Waals surface area contributed by atoms with Crippen molar-refractivity contribution in [3.63, 3.8) is 0 Å². The smallest absolute Gasteiger partial charge is 0.303 e. The Balaban J connectivity index is 2.05. The lowest BCUT2D eigenvalue weighted by Gasteiger charge is -2.36.